The minimum atomic E-state index is -0.362. The van der Waals surface area contributed by atoms with Crippen LogP contribution < -0.4 is 5.32 Å². The predicted molar refractivity (Wildman–Crippen MR) is 75.8 cm³/mol. The quantitative estimate of drug-likeness (QED) is 0.766. The van der Waals surface area contributed by atoms with Gasteiger partial charge in [-0.15, -0.1) is 0 Å². The summed E-state index contributed by atoms with van der Waals surface area (Å²) in [7, 11) is 0. The van der Waals surface area contributed by atoms with E-state index in [2.05, 4.69) is 5.32 Å². The van der Waals surface area contributed by atoms with Crippen molar-refractivity contribution < 1.29 is 23.4 Å². The van der Waals surface area contributed by atoms with Crippen LogP contribution in [-0.2, 0) is 4.74 Å². The molecule has 0 bridgehead atoms. The average Bonchev–Trinajstić information content (AvgIpc) is 2.79. The van der Waals surface area contributed by atoms with Gasteiger partial charge in [0.2, 0.25) is 0 Å². The summed E-state index contributed by atoms with van der Waals surface area (Å²) >= 11 is 0. The molecule has 1 heterocycles. The van der Waals surface area contributed by atoms with E-state index in [0.717, 1.165) is 0 Å². The molecule has 0 unspecified atom stereocenters. The van der Waals surface area contributed by atoms with Gasteiger partial charge in [0.1, 0.15) is 11.4 Å². The van der Waals surface area contributed by atoms with Crippen LogP contribution in [0.2, 0.25) is 0 Å². The number of carbonyl (C=O) groups excluding carboxylic acids is 1. The first-order valence-electron chi connectivity index (χ1n) is 6.79. The number of aliphatic hydroxyl groups is 1. The van der Waals surface area contributed by atoms with Gasteiger partial charge >= 0.3 is 0 Å². The van der Waals surface area contributed by atoms with Gasteiger partial charge in [-0.05, 0) is 31.5 Å². The van der Waals surface area contributed by atoms with Gasteiger partial charge in [0.05, 0.1) is 13.2 Å². The van der Waals surface area contributed by atoms with E-state index in [1.54, 1.807) is 6.92 Å². The number of fused-ring (bicyclic) bond motifs is 1. The molecule has 1 aromatic heterocycles. The molecule has 5 nitrogen and oxygen atoms in total. The summed E-state index contributed by atoms with van der Waals surface area (Å²) < 4.78 is 23.8. The number of hydrogen-bond donors (Lipinski definition) is 2. The lowest BCUT2D eigenvalue weighted by Crippen LogP contribution is -2.25. The lowest BCUT2D eigenvalue weighted by atomic mass is 10.1. The highest BCUT2D eigenvalue weighted by Crippen LogP contribution is 2.25. The number of benzene rings is 1. The summed E-state index contributed by atoms with van der Waals surface area (Å²) in [4.78, 5) is 12.0. The van der Waals surface area contributed by atoms with Crippen LogP contribution in [0.15, 0.2) is 22.6 Å². The summed E-state index contributed by atoms with van der Waals surface area (Å²) in [5.41, 5.74) is 1.11. The minimum absolute atomic E-state index is 0.0128. The molecule has 0 saturated carbocycles. The van der Waals surface area contributed by atoms with Crippen LogP contribution in [0, 0.1) is 12.7 Å². The molecule has 2 aromatic rings. The minimum Gasteiger partial charge on any atom is -0.451 e. The van der Waals surface area contributed by atoms with Crippen LogP contribution in [0.3, 0.4) is 0 Å². The molecule has 0 aliphatic carbocycles. The summed E-state index contributed by atoms with van der Waals surface area (Å²) in [6.45, 7) is 2.91. The summed E-state index contributed by atoms with van der Waals surface area (Å²) in [6, 6.07) is 4.16. The Balaban J connectivity index is 1.95. The molecule has 0 aliphatic rings. The van der Waals surface area contributed by atoms with Gasteiger partial charge in [-0.3, -0.25) is 4.79 Å². The molecule has 21 heavy (non-hydrogen) atoms. The molecule has 0 fully saturated rings. The molecule has 0 radical (unpaired) electrons. The van der Waals surface area contributed by atoms with Crippen LogP contribution >= 0.6 is 0 Å². The number of nitrogens with one attached hydrogen (secondary N) is 1. The predicted octanol–water partition coefficient (Wildman–Crippen LogP) is 2.01. The third-order valence-corrected chi connectivity index (χ3v) is 3.09. The second-order valence-electron chi connectivity index (χ2n) is 4.64. The molecular weight excluding hydrogens is 277 g/mol. The Hall–Kier alpha value is -1.92. The maximum Gasteiger partial charge on any atom is 0.287 e. The van der Waals surface area contributed by atoms with E-state index in [1.165, 1.54) is 18.2 Å². The zero-order chi connectivity index (χ0) is 15.2. The molecule has 114 valence electrons. The second kappa shape index (κ2) is 7.19. The lowest BCUT2D eigenvalue weighted by Gasteiger charge is -2.04. The van der Waals surface area contributed by atoms with Crippen molar-refractivity contribution in [2.75, 3.05) is 26.4 Å². The number of amides is 1. The van der Waals surface area contributed by atoms with Crippen molar-refractivity contribution in [1.82, 2.24) is 5.32 Å². The molecule has 0 atom stereocenters. The van der Waals surface area contributed by atoms with Crippen molar-refractivity contribution in [3.63, 3.8) is 0 Å². The highest BCUT2D eigenvalue weighted by molar-refractivity contribution is 5.98. The molecule has 1 aromatic carbocycles. The van der Waals surface area contributed by atoms with Gasteiger partial charge in [-0.25, -0.2) is 4.39 Å². The first-order chi connectivity index (χ1) is 10.1. The Labute approximate surface area is 121 Å². The molecule has 2 N–H and O–H groups in total. The molecule has 2 rings (SSSR count). The molecule has 0 spiro atoms. The standard InChI is InChI=1S/C15H18FNO4/c1-10-12-9-11(16)3-4-13(12)21-14(10)15(19)17-5-2-7-20-8-6-18/h3-4,9,18H,2,5-8H2,1H3,(H,17,19). The monoisotopic (exact) mass is 295 g/mol. The Kier molecular flexibility index (Phi) is 5.30. The molecule has 0 aliphatic heterocycles. The lowest BCUT2D eigenvalue weighted by molar-refractivity contribution is 0.0856. The molecule has 6 heteroatoms. The van der Waals surface area contributed by atoms with Crippen LogP contribution in [-0.4, -0.2) is 37.4 Å². The van der Waals surface area contributed by atoms with E-state index in [4.69, 9.17) is 14.3 Å². The summed E-state index contributed by atoms with van der Waals surface area (Å²) in [5.74, 6) is -0.488. The van der Waals surface area contributed by atoms with Gasteiger partial charge in [0, 0.05) is 24.1 Å². The first-order valence-corrected chi connectivity index (χ1v) is 6.79. The fourth-order valence-corrected chi connectivity index (χ4v) is 2.03. The van der Waals surface area contributed by atoms with Gasteiger partial charge in [0.25, 0.3) is 5.91 Å². The van der Waals surface area contributed by atoms with E-state index < -0.39 is 0 Å². The Bertz CT molecular complexity index is 623. The summed E-state index contributed by atoms with van der Waals surface area (Å²) in [5, 5.41) is 11.9. The number of ether oxygens (including phenoxy) is 1. The second-order valence-corrected chi connectivity index (χ2v) is 4.64. The third kappa shape index (κ3) is 3.80. The zero-order valence-electron chi connectivity index (χ0n) is 11.8. The topological polar surface area (TPSA) is 71.7 Å². The van der Waals surface area contributed by atoms with E-state index in [0.29, 0.717) is 42.7 Å². The van der Waals surface area contributed by atoms with E-state index in [1.807, 2.05) is 0 Å². The summed E-state index contributed by atoms with van der Waals surface area (Å²) in [6.07, 6.45) is 0.639. The third-order valence-electron chi connectivity index (χ3n) is 3.09. The van der Waals surface area contributed by atoms with Crippen LogP contribution in [0.4, 0.5) is 4.39 Å². The van der Waals surface area contributed by atoms with E-state index >= 15 is 0 Å². The van der Waals surface area contributed by atoms with Crippen molar-refractivity contribution in [2.24, 2.45) is 0 Å². The number of rotatable bonds is 7. The SMILES string of the molecule is Cc1c(C(=O)NCCCOCCO)oc2ccc(F)cc12. The van der Waals surface area contributed by atoms with Gasteiger partial charge in [0.15, 0.2) is 5.76 Å². The first kappa shape index (κ1) is 15.5. The number of hydrogen-bond acceptors (Lipinski definition) is 4. The normalized spacial score (nSPS) is 11.0. The fraction of sp³-hybridized carbons (Fsp3) is 0.400. The average molecular weight is 295 g/mol. The van der Waals surface area contributed by atoms with Crippen molar-refractivity contribution in [2.45, 2.75) is 13.3 Å². The molecule has 1 amide bonds. The fourth-order valence-electron chi connectivity index (χ4n) is 2.03. The largest absolute Gasteiger partial charge is 0.451 e. The van der Waals surface area contributed by atoms with Gasteiger partial charge < -0.3 is 19.6 Å². The Morgan fingerprint density at radius 3 is 3.00 bits per heavy atom. The maximum atomic E-state index is 13.2. The number of halogens is 1. The number of furan rings is 1. The van der Waals surface area contributed by atoms with Crippen molar-refractivity contribution in [1.29, 1.82) is 0 Å². The Morgan fingerprint density at radius 1 is 1.43 bits per heavy atom. The van der Waals surface area contributed by atoms with Gasteiger partial charge in [-0.1, -0.05) is 0 Å². The number of aryl methyl sites for hydroxylation is 1. The van der Waals surface area contributed by atoms with E-state index in [9.17, 15) is 9.18 Å². The van der Waals surface area contributed by atoms with Crippen LogP contribution in [0.5, 0.6) is 0 Å². The molecular formula is C15H18FNO4. The maximum absolute atomic E-state index is 13.2. The van der Waals surface area contributed by atoms with Crippen molar-refractivity contribution in [3.05, 3.63) is 35.3 Å². The van der Waals surface area contributed by atoms with Crippen molar-refractivity contribution in [3.8, 4) is 0 Å². The van der Waals surface area contributed by atoms with E-state index in [-0.39, 0.29) is 24.1 Å². The number of carbonyl (C=O) groups is 1. The highest BCUT2D eigenvalue weighted by Gasteiger charge is 2.17. The van der Waals surface area contributed by atoms with Crippen LogP contribution in [0.1, 0.15) is 22.5 Å². The van der Waals surface area contributed by atoms with Crippen molar-refractivity contribution >= 4 is 16.9 Å². The smallest absolute Gasteiger partial charge is 0.287 e. The van der Waals surface area contributed by atoms with Gasteiger partial charge in [-0.2, -0.15) is 0 Å². The highest BCUT2D eigenvalue weighted by atomic mass is 19.1. The molecule has 0 saturated heterocycles. The van der Waals surface area contributed by atoms with Crippen LogP contribution in [0.25, 0.3) is 11.0 Å². The zero-order valence-corrected chi connectivity index (χ0v) is 11.8. The number of aliphatic hydroxyl groups excluding tert-OH is 1. The Morgan fingerprint density at radius 2 is 2.24 bits per heavy atom.